The normalized spacial score (nSPS) is 26.9. The molecule has 2 aromatic heterocycles. The Balaban J connectivity index is 1.80. The molecule has 0 radical (unpaired) electrons. The highest BCUT2D eigenvalue weighted by Gasteiger charge is 2.37. The number of hydrogen-bond donors (Lipinski definition) is 1. The van der Waals surface area contributed by atoms with Gasteiger partial charge in [-0.05, 0) is 53.6 Å². The van der Waals surface area contributed by atoms with Crippen molar-refractivity contribution in [2.45, 2.75) is 44.6 Å². The van der Waals surface area contributed by atoms with Crippen LogP contribution in [0.3, 0.4) is 0 Å². The lowest BCUT2D eigenvalue weighted by Gasteiger charge is -2.34. The van der Waals surface area contributed by atoms with E-state index in [9.17, 15) is 0 Å². The summed E-state index contributed by atoms with van der Waals surface area (Å²) < 4.78 is 6.43. The van der Waals surface area contributed by atoms with Crippen molar-refractivity contribution in [2.24, 2.45) is 11.7 Å². The molecular formula is C14H18BrN3OS. The second-order valence-corrected chi connectivity index (χ2v) is 7.86. The summed E-state index contributed by atoms with van der Waals surface area (Å²) in [5.41, 5.74) is 7.04. The fourth-order valence-electron chi connectivity index (χ4n) is 2.79. The van der Waals surface area contributed by atoms with E-state index in [0.29, 0.717) is 11.7 Å². The summed E-state index contributed by atoms with van der Waals surface area (Å²) >= 11 is 5.05. The van der Waals surface area contributed by atoms with Gasteiger partial charge in [-0.1, -0.05) is 18.5 Å². The number of nitrogens with two attached hydrogens (primary N) is 1. The van der Waals surface area contributed by atoms with E-state index in [2.05, 4.69) is 33.0 Å². The summed E-state index contributed by atoms with van der Waals surface area (Å²) in [6, 6.07) is 1.99. The van der Waals surface area contributed by atoms with Crippen LogP contribution in [0.1, 0.15) is 44.9 Å². The molecule has 6 heteroatoms. The number of aromatic nitrogens is 2. The predicted molar refractivity (Wildman–Crippen MR) is 83.4 cm³/mol. The second-order valence-electron chi connectivity index (χ2n) is 5.57. The molecule has 0 aromatic carbocycles. The van der Waals surface area contributed by atoms with E-state index in [1.807, 2.05) is 11.4 Å². The fourth-order valence-corrected chi connectivity index (χ4v) is 3.92. The van der Waals surface area contributed by atoms with Crippen LogP contribution < -0.4 is 5.73 Å². The zero-order valence-electron chi connectivity index (χ0n) is 11.4. The van der Waals surface area contributed by atoms with Gasteiger partial charge in [-0.25, -0.2) is 0 Å². The van der Waals surface area contributed by atoms with Gasteiger partial charge in [-0.2, -0.15) is 4.98 Å². The van der Waals surface area contributed by atoms with Gasteiger partial charge in [-0.3, -0.25) is 0 Å². The van der Waals surface area contributed by atoms with Gasteiger partial charge in [0.15, 0.2) is 5.82 Å². The lowest BCUT2D eigenvalue weighted by atomic mass is 9.76. The van der Waals surface area contributed by atoms with Crippen LogP contribution in [-0.4, -0.2) is 10.1 Å². The van der Waals surface area contributed by atoms with Crippen molar-refractivity contribution in [2.75, 3.05) is 0 Å². The van der Waals surface area contributed by atoms with Crippen molar-refractivity contribution >= 4 is 27.3 Å². The Morgan fingerprint density at radius 3 is 2.85 bits per heavy atom. The van der Waals surface area contributed by atoms with Crippen molar-refractivity contribution in [1.29, 1.82) is 0 Å². The maximum absolute atomic E-state index is 6.50. The summed E-state index contributed by atoms with van der Waals surface area (Å²) in [6.45, 7) is 2.25. The summed E-state index contributed by atoms with van der Waals surface area (Å²) in [5.74, 6) is 2.01. The molecule has 108 valence electrons. The summed E-state index contributed by atoms with van der Waals surface area (Å²) in [4.78, 5) is 4.52. The number of hydrogen-bond acceptors (Lipinski definition) is 5. The largest absolute Gasteiger partial charge is 0.334 e. The number of rotatable bonds is 3. The minimum atomic E-state index is -0.416. The van der Waals surface area contributed by atoms with Crippen LogP contribution in [0.25, 0.3) is 11.5 Å². The minimum absolute atomic E-state index is 0.416. The van der Waals surface area contributed by atoms with Gasteiger partial charge in [0.05, 0.1) is 14.9 Å². The second kappa shape index (κ2) is 5.58. The van der Waals surface area contributed by atoms with Gasteiger partial charge < -0.3 is 10.3 Å². The van der Waals surface area contributed by atoms with Gasteiger partial charge in [0.2, 0.25) is 0 Å². The monoisotopic (exact) mass is 355 g/mol. The number of halogens is 1. The van der Waals surface area contributed by atoms with E-state index in [1.165, 1.54) is 6.42 Å². The first-order chi connectivity index (χ1) is 9.60. The van der Waals surface area contributed by atoms with Gasteiger partial charge in [0, 0.05) is 5.38 Å². The molecule has 1 fully saturated rings. The smallest absolute Gasteiger partial charge is 0.258 e. The molecule has 0 saturated heterocycles. The SMILES string of the molecule is CCC1CCC(N)(c2noc(-c3csc(Br)c3)n2)CC1. The topological polar surface area (TPSA) is 64.9 Å². The van der Waals surface area contributed by atoms with E-state index in [1.54, 1.807) is 11.3 Å². The van der Waals surface area contributed by atoms with Crippen LogP contribution >= 0.6 is 27.3 Å². The Labute approximate surface area is 130 Å². The number of nitrogens with zero attached hydrogens (tertiary/aromatic N) is 2. The Kier molecular flexibility index (Phi) is 3.97. The molecule has 0 bridgehead atoms. The highest BCUT2D eigenvalue weighted by Crippen LogP contribution is 2.38. The van der Waals surface area contributed by atoms with Crippen LogP contribution in [0.4, 0.5) is 0 Å². The Bertz CT molecular complexity index is 587. The van der Waals surface area contributed by atoms with Gasteiger partial charge in [0.1, 0.15) is 0 Å². The Morgan fingerprint density at radius 2 is 2.25 bits per heavy atom. The van der Waals surface area contributed by atoms with Gasteiger partial charge >= 0.3 is 0 Å². The van der Waals surface area contributed by atoms with E-state index in [4.69, 9.17) is 10.3 Å². The first-order valence-corrected chi connectivity index (χ1v) is 8.65. The van der Waals surface area contributed by atoms with Crippen LogP contribution in [0.2, 0.25) is 0 Å². The molecule has 20 heavy (non-hydrogen) atoms. The molecule has 0 spiro atoms. The van der Waals surface area contributed by atoms with E-state index < -0.39 is 5.54 Å². The summed E-state index contributed by atoms with van der Waals surface area (Å²) in [7, 11) is 0. The molecule has 0 atom stereocenters. The van der Waals surface area contributed by atoms with Crippen LogP contribution in [0.15, 0.2) is 19.8 Å². The highest BCUT2D eigenvalue weighted by molar-refractivity contribution is 9.11. The van der Waals surface area contributed by atoms with E-state index in [0.717, 1.165) is 41.0 Å². The summed E-state index contributed by atoms with van der Waals surface area (Å²) in [5, 5.41) is 6.12. The molecule has 1 aliphatic rings. The molecule has 1 aliphatic carbocycles. The first-order valence-electron chi connectivity index (χ1n) is 6.98. The standard InChI is InChI=1S/C14H18BrN3OS/c1-2-9-3-5-14(16,6-4-9)13-17-12(19-18-13)10-7-11(15)20-8-10/h7-9H,2-6,16H2,1H3. The lowest BCUT2D eigenvalue weighted by molar-refractivity contribution is 0.216. The van der Waals surface area contributed by atoms with Crippen molar-refractivity contribution < 1.29 is 4.52 Å². The molecule has 2 heterocycles. The minimum Gasteiger partial charge on any atom is -0.334 e. The molecular weight excluding hydrogens is 338 g/mol. The Morgan fingerprint density at radius 1 is 1.50 bits per heavy atom. The zero-order chi connectivity index (χ0) is 14.2. The van der Waals surface area contributed by atoms with Crippen molar-refractivity contribution in [1.82, 2.24) is 10.1 Å². The highest BCUT2D eigenvalue weighted by atomic mass is 79.9. The third-order valence-corrected chi connectivity index (χ3v) is 5.76. The third kappa shape index (κ3) is 2.69. The van der Waals surface area contributed by atoms with E-state index >= 15 is 0 Å². The summed E-state index contributed by atoms with van der Waals surface area (Å²) in [6.07, 6.45) is 5.42. The van der Waals surface area contributed by atoms with Crippen LogP contribution in [-0.2, 0) is 5.54 Å². The zero-order valence-corrected chi connectivity index (χ0v) is 13.8. The molecule has 0 aliphatic heterocycles. The van der Waals surface area contributed by atoms with Crippen LogP contribution in [0.5, 0.6) is 0 Å². The maximum atomic E-state index is 6.50. The van der Waals surface area contributed by atoms with Crippen molar-refractivity contribution in [3.8, 4) is 11.5 Å². The van der Waals surface area contributed by atoms with Crippen LogP contribution in [0, 0.1) is 5.92 Å². The first kappa shape index (κ1) is 14.2. The molecule has 1 saturated carbocycles. The van der Waals surface area contributed by atoms with Crippen molar-refractivity contribution in [3.05, 3.63) is 21.1 Å². The van der Waals surface area contributed by atoms with Gasteiger partial charge in [-0.15, -0.1) is 11.3 Å². The average molecular weight is 356 g/mol. The third-order valence-electron chi connectivity index (χ3n) is 4.26. The quantitative estimate of drug-likeness (QED) is 0.890. The molecule has 3 rings (SSSR count). The molecule has 4 nitrogen and oxygen atoms in total. The maximum Gasteiger partial charge on any atom is 0.258 e. The van der Waals surface area contributed by atoms with E-state index in [-0.39, 0.29) is 0 Å². The fraction of sp³-hybridized carbons (Fsp3) is 0.571. The lowest BCUT2D eigenvalue weighted by Crippen LogP contribution is -2.41. The number of thiophene rings is 1. The molecule has 0 unspecified atom stereocenters. The van der Waals surface area contributed by atoms with Crippen molar-refractivity contribution in [3.63, 3.8) is 0 Å². The van der Waals surface area contributed by atoms with Gasteiger partial charge in [0.25, 0.3) is 5.89 Å². The predicted octanol–water partition coefficient (Wildman–Crippen LogP) is 4.31. The Hall–Kier alpha value is -0.720. The molecule has 2 aromatic rings. The molecule has 0 amide bonds. The molecule has 2 N–H and O–H groups in total. The average Bonchev–Trinajstić information content (AvgIpc) is 3.08.